The monoisotopic (exact) mass is 519 g/mol. The van der Waals surface area contributed by atoms with Crippen LogP contribution in [0.15, 0.2) is 77.7 Å². The quantitative estimate of drug-likeness (QED) is 0.451. The third-order valence-corrected chi connectivity index (χ3v) is 8.17. The van der Waals surface area contributed by atoms with Crippen molar-refractivity contribution in [2.75, 3.05) is 39.8 Å². The fraction of sp³-hybridized carbons (Fsp3) is 0.280. The SMILES string of the molecule is CN1CCN(C(CNS(=O)(=O)c2ccc(Oc3ccccc3)cc2)c2cccc(Cl)c2Cl)CC1. The van der Waals surface area contributed by atoms with E-state index in [1.54, 1.807) is 18.2 Å². The maximum absolute atomic E-state index is 13.1. The molecule has 0 aliphatic carbocycles. The number of ether oxygens (including phenoxy) is 1. The van der Waals surface area contributed by atoms with Gasteiger partial charge in [0.05, 0.1) is 14.9 Å². The molecule has 1 atom stereocenters. The van der Waals surface area contributed by atoms with E-state index in [4.69, 9.17) is 27.9 Å². The van der Waals surface area contributed by atoms with E-state index in [0.717, 1.165) is 31.7 Å². The van der Waals surface area contributed by atoms with Crippen LogP contribution in [0.4, 0.5) is 0 Å². The number of nitrogens with one attached hydrogen (secondary N) is 1. The molecule has 0 saturated carbocycles. The summed E-state index contributed by atoms with van der Waals surface area (Å²) >= 11 is 12.8. The Labute approximate surface area is 211 Å². The smallest absolute Gasteiger partial charge is 0.240 e. The lowest BCUT2D eigenvalue weighted by molar-refractivity contribution is 0.113. The first kappa shape index (κ1) is 25.0. The van der Waals surface area contributed by atoms with Crippen LogP contribution in [0.3, 0.4) is 0 Å². The molecule has 1 heterocycles. The third-order valence-electron chi connectivity index (χ3n) is 5.90. The zero-order valence-electron chi connectivity index (χ0n) is 18.8. The van der Waals surface area contributed by atoms with E-state index in [1.165, 1.54) is 12.1 Å². The second kappa shape index (κ2) is 11.1. The van der Waals surface area contributed by atoms with E-state index < -0.39 is 10.0 Å². The first-order chi connectivity index (χ1) is 16.3. The number of nitrogens with zero attached hydrogens (tertiary/aromatic N) is 2. The van der Waals surface area contributed by atoms with Gasteiger partial charge >= 0.3 is 0 Å². The second-order valence-electron chi connectivity index (χ2n) is 8.24. The van der Waals surface area contributed by atoms with Gasteiger partial charge in [-0.25, -0.2) is 13.1 Å². The minimum absolute atomic E-state index is 0.169. The van der Waals surface area contributed by atoms with E-state index in [1.807, 2.05) is 42.5 Å². The van der Waals surface area contributed by atoms with Gasteiger partial charge in [0.1, 0.15) is 11.5 Å². The van der Waals surface area contributed by atoms with Crippen LogP contribution in [0.1, 0.15) is 11.6 Å². The average molecular weight is 520 g/mol. The Morgan fingerprint density at radius 3 is 2.21 bits per heavy atom. The van der Waals surface area contributed by atoms with Crippen LogP contribution in [-0.4, -0.2) is 58.0 Å². The Morgan fingerprint density at radius 1 is 0.882 bits per heavy atom. The summed E-state index contributed by atoms with van der Waals surface area (Å²) in [6.07, 6.45) is 0. The highest BCUT2D eigenvalue weighted by Gasteiger charge is 2.28. The van der Waals surface area contributed by atoms with Crippen molar-refractivity contribution in [2.24, 2.45) is 0 Å². The van der Waals surface area contributed by atoms with Crippen molar-refractivity contribution in [3.63, 3.8) is 0 Å². The summed E-state index contributed by atoms with van der Waals surface area (Å²) in [6.45, 7) is 3.57. The van der Waals surface area contributed by atoms with E-state index in [2.05, 4.69) is 21.6 Å². The summed E-state index contributed by atoms with van der Waals surface area (Å²) in [6, 6.07) is 20.9. The zero-order valence-corrected chi connectivity index (χ0v) is 21.2. The molecule has 180 valence electrons. The van der Waals surface area contributed by atoms with Crippen LogP contribution in [-0.2, 0) is 10.0 Å². The van der Waals surface area contributed by atoms with Crippen LogP contribution < -0.4 is 9.46 Å². The molecule has 1 fully saturated rings. The molecule has 0 bridgehead atoms. The van der Waals surface area contributed by atoms with Gasteiger partial charge in [-0.3, -0.25) is 4.90 Å². The Kier molecular flexibility index (Phi) is 8.14. The van der Waals surface area contributed by atoms with Crippen molar-refractivity contribution in [2.45, 2.75) is 10.9 Å². The third kappa shape index (κ3) is 6.10. The van der Waals surface area contributed by atoms with Gasteiger partial charge in [-0.05, 0) is 55.1 Å². The molecule has 1 aliphatic heterocycles. The first-order valence-corrected chi connectivity index (χ1v) is 13.3. The number of sulfonamides is 1. The van der Waals surface area contributed by atoms with Crippen LogP contribution >= 0.6 is 23.2 Å². The number of rotatable bonds is 8. The van der Waals surface area contributed by atoms with Crippen LogP contribution in [0, 0.1) is 0 Å². The molecule has 9 heteroatoms. The minimum atomic E-state index is -3.74. The van der Waals surface area contributed by atoms with Crippen molar-refractivity contribution in [1.82, 2.24) is 14.5 Å². The number of para-hydroxylation sites is 1. The van der Waals surface area contributed by atoms with E-state index in [0.29, 0.717) is 21.5 Å². The van der Waals surface area contributed by atoms with E-state index in [-0.39, 0.29) is 17.5 Å². The standard InChI is InChI=1S/C25H27Cl2N3O3S/c1-29-14-16-30(17-15-29)24(22-8-5-9-23(26)25(22)27)18-28-34(31,32)21-12-10-20(11-13-21)33-19-6-3-2-4-7-19/h2-13,24,28H,14-18H2,1H3. The molecule has 1 N–H and O–H groups in total. The topological polar surface area (TPSA) is 61.9 Å². The number of benzene rings is 3. The number of piperazine rings is 1. The molecule has 1 unspecified atom stereocenters. The van der Waals surface area contributed by atoms with Crippen LogP contribution in [0.2, 0.25) is 10.0 Å². The van der Waals surface area contributed by atoms with Gasteiger partial charge in [0.15, 0.2) is 0 Å². The van der Waals surface area contributed by atoms with E-state index in [9.17, 15) is 8.42 Å². The summed E-state index contributed by atoms with van der Waals surface area (Å²) < 4.78 is 34.7. The highest BCUT2D eigenvalue weighted by atomic mass is 35.5. The molecule has 0 radical (unpaired) electrons. The maximum Gasteiger partial charge on any atom is 0.240 e. The van der Waals surface area contributed by atoms with Crippen molar-refractivity contribution in [1.29, 1.82) is 0 Å². The Bertz CT molecular complexity index is 1200. The van der Waals surface area contributed by atoms with Gasteiger partial charge in [-0.1, -0.05) is 53.5 Å². The largest absolute Gasteiger partial charge is 0.457 e. The molecule has 0 spiro atoms. The number of hydrogen-bond donors (Lipinski definition) is 1. The lowest BCUT2D eigenvalue weighted by Gasteiger charge is -2.38. The number of halogens is 2. The van der Waals surface area contributed by atoms with E-state index >= 15 is 0 Å². The summed E-state index contributed by atoms with van der Waals surface area (Å²) in [5.41, 5.74) is 0.813. The van der Waals surface area contributed by atoms with Crippen molar-refractivity contribution in [3.8, 4) is 11.5 Å². The fourth-order valence-electron chi connectivity index (χ4n) is 3.93. The van der Waals surface area contributed by atoms with Gasteiger partial charge in [-0.15, -0.1) is 0 Å². The lowest BCUT2D eigenvalue weighted by atomic mass is 10.0. The molecule has 3 aromatic carbocycles. The number of likely N-dealkylation sites (N-methyl/N-ethyl adjacent to an activating group) is 1. The van der Waals surface area contributed by atoms with Crippen LogP contribution in [0.5, 0.6) is 11.5 Å². The summed E-state index contributed by atoms with van der Waals surface area (Å²) in [5, 5.41) is 0.907. The Morgan fingerprint density at radius 2 is 1.53 bits per heavy atom. The molecule has 3 aromatic rings. The zero-order chi connectivity index (χ0) is 24.1. The summed E-state index contributed by atoms with van der Waals surface area (Å²) in [5.74, 6) is 1.25. The molecular formula is C25H27Cl2N3O3S. The molecule has 0 amide bonds. The summed E-state index contributed by atoms with van der Waals surface area (Å²) in [7, 11) is -1.67. The molecular weight excluding hydrogens is 493 g/mol. The van der Waals surface area contributed by atoms with Gasteiger partial charge in [0.25, 0.3) is 0 Å². The van der Waals surface area contributed by atoms with Crippen molar-refractivity contribution in [3.05, 3.63) is 88.4 Å². The fourth-order valence-corrected chi connectivity index (χ4v) is 5.40. The van der Waals surface area contributed by atoms with Crippen molar-refractivity contribution >= 4 is 33.2 Å². The molecule has 4 rings (SSSR count). The predicted octanol–water partition coefficient (Wildman–Crippen LogP) is 5.05. The van der Waals surface area contributed by atoms with Gasteiger partial charge < -0.3 is 9.64 Å². The first-order valence-electron chi connectivity index (χ1n) is 11.0. The molecule has 34 heavy (non-hydrogen) atoms. The normalized spacial score (nSPS) is 16.3. The van der Waals surface area contributed by atoms with Gasteiger partial charge in [0.2, 0.25) is 10.0 Å². The maximum atomic E-state index is 13.1. The lowest BCUT2D eigenvalue weighted by Crippen LogP contribution is -2.48. The second-order valence-corrected chi connectivity index (χ2v) is 10.8. The van der Waals surface area contributed by atoms with Crippen molar-refractivity contribution < 1.29 is 13.2 Å². The highest BCUT2D eigenvalue weighted by molar-refractivity contribution is 7.89. The Hall–Kier alpha value is -2.13. The highest BCUT2D eigenvalue weighted by Crippen LogP contribution is 2.33. The van der Waals surface area contributed by atoms with Gasteiger partial charge in [-0.2, -0.15) is 0 Å². The van der Waals surface area contributed by atoms with Crippen LogP contribution in [0.25, 0.3) is 0 Å². The predicted molar refractivity (Wildman–Crippen MR) is 136 cm³/mol. The molecule has 1 saturated heterocycles. The Balaban J connectivity index is 1.50. The molecule has 1 aliphatic rings. The number of hydrogen-bond acceptors (Lipinski definition) is 5. The molecule has 6 nitrogen and oxygen atoms in total. The molecule has 0 aromatic heterocycles. The summed E-state index contributed by atoms with van der Waals surface area (Å²) in [4.78, 5) is 4.66. The minimum Gasteiger partial charge on any atom is -0.457 e. The van der Waals surface area contributed by atoms with Gasteiger partial charge in [0, 0.05) is 38.8 Å². The average Bonchev–Trinajstić information content (AvgIpc) is 2.84.